The van der Waals surface area contributed by atoms with Crippen LogP contribution in [0.5, 0.6) is 0 Å². The van der Waals surface area contributed by atoms with Crippen molar-refractivity contribution in [3.63, 3.8) is 0 Å². The van der Waals surface area contributed by atoms with Gasteiger partial charge in [0.1, 0.15) is 5.78 Å². The highest BCUT2D eigenvalue weighted by atomic mass is 16.1. The Morgan fingerprint density at radius 2 is 1.79 bits per heavy atom. The zero-order chi connectivity index (χ0) is 21.0. The van der Waals surface area contributed by atoms with Crippen LogP contribution in [0.3, 0.4) is 0 Å². The number of hydrogen-bond acceptors (Lipinski definition) is 4. The van der Waals surface area contributed by atoms with Crippen molar-refractivity contribution in [2.45, 2.75) is 26.8 Å². The molecule has 4 nitrogen and oxygen atoms in total. The predicted octanol–water partition coefficient (Wildman–Crippen LogP) is 4.14. The summed E-state index contributed by atoms with van der Waals surface area (Å²) in [6.07, 6.45) is 6.12. The molecule has 2 aromatic rings. The second-order valence-electron chi connectivity index (χ2n) is 7.42. The summed E-state index contributed by atoms with van der Waals surface area (Å²) in [6.45, 7) is 3.89. The van der Waals surface area contributed by atoms with Crippen LogP contribution in [-0.4, -0.2) is 24.4 Å². The molecule has 0 aliphatic heterocycles. The largest absolute Gasteiger partial charge is 0.370 e. The Hall–Kier alpha value is -3.27. The minimum absolute atomic E-state index is 0.0654. The molecule has 0 saturated carbocycles. The zero-order valence-corrected chi connectivity index (χ0v) is 16.9. The Morgan fingerprint density at radius 1 is 1.07 bits per heavy atom. The van der Waals surface area contributed by atoms with Crippen LogP contribution in [0.25, 0.3) is 0 Å². The molecule has 1 aliphatic rings. The third-order valence-corrected chi connectivity index (χ3v) is 5.04. The third kappa shape index (κ3) is 4.77. The fourth-order valence-electron chi connectivity index (χ4n) is 3.48. The molecule has 0 N–H and O–H groups in total. The molecule has 0 saturated heterocycles. The second-order valence-corrected chi connectivity index (χ2v) is 7.42. The molecule has 1 unspecified atom stereocenters. The Bertz CT molecular complexity index is 1000. The number of Topliss-reactive ketones (excluding diaryl/α,β-unsaturated/α-hetero) is 3. The molecule has 3 rings (SSSR count). The van der Waals surface area contributed by atoms with Crippen LogP contribution in [0.15, 0.2) is 66.3 Å². The van der Waals surface area contributed by atoms with E-state index in [0.717, 1.165) is 16.8 Å². The van der Waals surface area contributed by atoms with E-state index in [2.05, 4.69) is 6.08 Å². The number of carbonyl (C=O) groups is 3. The highest BCUT2D eigenvalue weighted by Crippen LogP contribution is 2.29. The van der Waals surface area contributed by atoms with E-state index in [1.54, 1.807) is 26.0 Å². The van der Waals surface area contributed by atoms with Crippen LogP contribution >= 0.6 is 0 Å². The fraction of sp³-hybridized carbons (Fsp3) is 0.240. The lowest BCUT2D eigenvalue weighted by Crippen LogP contribution is -2.24. The van der Waals surface area contributed by atoms with E-state index in [9.17, 15) is 14.4 Å². The lowest BCUT2D eigenvalue weighted by Gasteiger charge is -2.24. The molecule has 0 amide bonds. The Morgan fingerprint density at radius 3 is 2.48 bits per heavy atom. The number of anilines is 1. The van der Waals surface area contributed by atoms with E-state index in [-0.39, 0.29) is 17.3 Å². The van der Waals surface area contributed by atoms with E-state index < -0.39 is 5.92 Å². The van der Waals surface area contributed by atoms with Crippen molar-refractivity contribution in [3.8, 4) is 0 Å². The van der Waals surface area contributed by atoms with Gasteiger partial charge in [0.05, 0.1) is 0 Å². The van der Waals surface area contributed by atoms with E-state index in [0.29, 0.717) is 24.1 Å². The first kappa shape index (κ1) is 20.5. The average molecular weight is 386 g/mol. The van der Waals surface area contributed by atoms with Gasteiger partial charge in [0, 0.05) is 48.8 Å². The van der Waals surface area contributed by atoms with Crippen molar-refractivity contribution >= 4 is 23.0 Å². The lowest BCUT2D eigenvalue weighted by molar-refractivity contribution is -0.117. The van der Waals surface area contributed by atoms with E-state index in [1.165, 1.54) is 6.08 Å². The summed E-state index contributed by atoms with van der Waals surface area (Å²) >= 11 is 0. The first-order valence-electron chi connectivity index (χ1n) is 9.62. The molecule has 29 heavy (non-hydrogen) atoms. The maximum atomic E-state index is 13.3. The summed E-state index contributed by atoms with van der Waals surface area (Å²) in [5.41, 5.74) is 3.71. The van der Waals surface area contributed by atoms with E-state index in [4.69, 9.17) is 0 Å². The van der Waals surface area contributed by atoms with Gasteiger partial charge in [0.25, 0.3) is 0 Å². The van der Waals surface area contributed by atoms with Crippen LogP contribution < -0.4 is 4.90 Å². The van der Waals surface area contributed by atoms with Crippen molar-refractivity contribution in [1.29, 1.82) is 0 Å². The summed E-state index contributed by atoms with van der Waals surface area (Å²) in [5, 5.41) is 0. The van der Waals surface area contributed by atoms with E-state index in [1.807, 2.05) is 54.4 Å². The maximum Gasteiger partial charge on any atom is 0.191 e. The number of benzene rings is 2. The standard InChI is InChI=1S/C25H24NO3/c1-17(27)14-20-12-13-22(25(29)21-10-7-11-24(28)18(21)2)23(15-20)26(3)16-19-8-5-4-6-9-19/h4-10,12-13,15,18H,14,16H2,1-3H3. The zero-order valence-electron chi connectivity index (χ0n) is 16.9. The number of allylic oxidation sites excluding steroid dienone is 4. The van der Waals surface area contributed by atoms with Gasteiger partial charge in [-0.2, -0.15) is 0 Å². The van der Waals surface area contributed by atoms with Gasteiger partial charge in [-0.3, -0.25) is 14.4 Å². The van der Waals surface area contributed by atoms with Crippen molar-refractivity contribution in [1.82, 2.24) is 0 Å². The summed E-state index contributed by atoms with van der Waals surface area (Å²) in [6, 6.07) is 15.4. The number of carbonyl (C=O) groups excluding carboxylic acids is 3. The smallest absolute Gasteiger partial charge is 0.191 e. The second kappa shape index (κ2) is 8.82. The molecule has 0 bridgehead atoms. The topological polar surface area (TPSA) is 54.5 Å². The molecule has 0 aromatic heterocycles. The molecule has 1 aliphatic carbocycles. The molecule has 4 heteroatoms. The van der Waals surface area contributed by atoms with Crippen molar-refractivity contribution < 1.29 is 14.4 Å². The fourth-order valence-corrected chi connectivity index (χ4v) is 3.48. The summed E-state index contributed by atoms with van der Waals surface area (Å²) in [4.78, 5) is 38.9. The minimum Gasteiger partial charge on any atom is -0.370 e. The van der Waals surface area contributed by atoms with Crippen LogP contribution in [0.4, 0.5) is 5.69 Å². The van der Waals surface area contributed by atoms with Gasteiger partial charge in [0.2, 0.25) is 0 Å². The Balaban J connectivity index is 2.00. The van der Waals surface area contributed by atoms with Gasteiger partial charge in [-0.05, 0) is 30.2 Å². The van der Waals surface area contributed by atoms with Gasteiger partial charge >= 0.3 is 0 Å². The molecule has 0 spiro atoms. The average Bonchev–Trinajstić information content (AvgIpc) is 2.70. The van der Waals surface area contributed by atoms with Gasteiger partial charge in [-0.15, -0.1) is 0 Å². The first-order valence-corrected chi connectivity index (χ1v) is 9.62. The Labute approximate surface area is 171 Å². The Kier molecular flexibility index (Phi) is 6.23. The van der Waals surface area contributed by atoms with Crippen LogP contribution in [0, 0.1) is 12.0 Å². The highest BCUT2D eigenvalue weighted by Gasteiger charge is 2.27. The summed E-state index contributed by atoms with van der Waals surface area (Å²) < 4.78 is 0. The van der Waals surface area contributed by atoms with Crippen molar-refractivity contribution in [2.75, 3.05) is 11.9 Å². The molecule has 0 fully saturated rings. The normalized spacial score (nSPS) is 15.8. The maximum absolute atomic E-state index is 13.3. The monoisotopic (exact) mass is 386 g/mol. The molecule has 1 radical (unpaired) electrons. The summed E-state index contributed by atoms with van der Waals surface area (Å²) in [7, 11) is 1.92. The number of rotatable bonds is 7. The lowest BCUT2D eigenvalue weighted by atomic mass is 9.86. The molecule has 2 aromatic carbocycles. The SMILES string of the molecule is CC(=O)Cc1ccc(C(=O)C2=CC=[C]C(=O)C2C)c(N(C)Cc2ccccc2)c1. The van der Waals surface area contributed by atoms with Crippen LogP contribution in [0.2, 0.25) is 0 Å². The molecular formula is C25H24NO3. The number of ketones is 3. The highest BCUT2D eigenvalue weighted by molar-refractivity contribution is 6.16. The van der Waals surface area contributed by atoms with E-state index >= 15 is 0 Å². The van der Waals surface area contributed by atoms with Crippen LogP contribution in [-0.2, 0) is 22.6 Å². The molecule has 147 valence electrons. The van der Waals surface area contributed by atoms with Crippen molar-refractivity contribution in [2.24, 2.45) is 5.92 Å². The van der Waals surface area contributed by atoms with Gasteiger partial charge in [-0.25, -0.2) is 0 Å². The van der Waals surface area contributed by atoms with Crippen LogP contribution in [0.1, 0.15) is 35.3 Å². The predicted molar refractivity (Wildman–Crippen MR) is 114 cm³/mol. The number of nitrogens with zero attached hydrogens (tertiary/aromatic N) is 1. The van der Waals surface area contributed by atoms with Gasteiger partial charge < -0.3 is 4.90 Å². The quantitative estimate of drug-likeness (QED) is 0.671. The summed E-state index contributed by atoms with van der Waals surface area (Å²) in [5.74, 6) is -0.816. The third-order valence-electron chi connectivity index (χ3n) is 5.04. The van der Waals surface area contributed by atoms with Crippen molar-refractivity contribution in [3.05, 3.63) is 89.0 Å². The molecule has 1 atom stereocenters. The molecule has 0 heterocycles. The minimum atomic E-state index is -0.517. The van der Waals surface area contributed by atoms with Gasteiger partial charge in [-0.1, -0.05) is 55.5 Å². The van der Waals surface area contributed by atoms with Gasteiger partial charge in [0.15, 0.2) is 11.6 Å². The first-order chi connectivity index (χ1) is 13.9. The number of hydrogen-bond donors (Lipinski definition) is 0. The molecular weight excluding hydrogens is 362 g/mol.